The molecule has 126 valence electrons. The Balaban J connectivity index is 1.57. The molecule has 2 aromatic rings. The Kier molecular flexibility index (Phi) is 5.20. The Morgan fingerprint density at radius 2 is 1.96 bits per heavy atom. The van der Waals surface area contributed by atoms with Gasteiger partial charge in [0.05, 0.1) is 12.5 Å². The molecule has 1 unspecified atom stereocenters. The maximum atomic E-state index is 12.8. The van der Waals surface area contributed by atoms with Gasteiger partial charge in [-0.25, -0.2) is 9.97 Å². The van der Waals surface area contributed by atoms with Crippen LogP contribution in [0.1, 0.15) is 30.7 Å². The average Bonchev–Trinajstić information content (AvgIpc) is 3.12. The van der Waals surface area contributed by atoms with Gasteiger partial charge >= 0.3 is 0 Å². The number of amides is 1. The largest absolute Gasteiger partial charge is 0.341 e. The highest BCUT2D eigenvalue weighted by Crippen LogP contribution is 2.22. The van der Waals surface area contributed by atoms with Crippen LogP contribution in [0, 0.1) is 0 Å². The van der Waals surface area contributed by atoms with Crippen molar-refractivity contribution in [1.29, 1.82) is 0 Å². The van der Waals surface area contributed by atoms with Crippen LogP contribution in [0.2, 0.25) is 0 Å². The number of likely N-dealkylation sites (tertiary alicyclic amines) is 1. The van der Waals surface area contributed by atoms with E-state index >= 15 is 0 Å². The van der Waals surface area contributed by atoms with Crippen LogP contribution < -0.4 is 0 Å². The number of aromatic nitrogens is 2. The zero-order valence-electron chi connectivity index (χ0n) is 14.3. The Labute approximate surface area is 143 Å². The highest BCUT2D eigenvalue weighted by Gasteiger charge is 2.31. The summed E-state index contributed by atoms with van der Waals surface area (Å²) < 4.78 is 0. The minimum absolute atomic E-state index is 0.0901. The van der Waals surface area contributed by atoms with Crippen LogP contribution in [-0.2, 0) is 11.3 Å². The van der Waals surface area contributed by atoms with Crippen LogP contribution >= 0.6 is 0 Å². The molecule has 1 fully saturated rings. The van der Waals surface area contributed by atoms with Crippen molar-refractivity contribution >= 4 is 5.91 Å². The summed E-state index contributed by atoms with van der Waals surface area (Å²) in [6.07, 6.45) is 4.53. The molecule has 0 aliphatic carbocycles. The van der Waals surface area contributed by atoms with E-state index < -0.39 is 0 Å². The van der Waals surface area contributed by atoms with Crippen molar-refractivity contribution in [2.75, 3.05) is 20.1 Å². The molecule has 1 aliphatic heterocycles. The van der Waals surface area contributed by atoms with Crippen molar-refractivity contribution in [3.63, 3.8) is 0 Å². The van der Waals surface area contributed by atoms with E-state index in [9.17, 15) is 4.79 Å². The lowest BCUT2D eigenvalue weighted by atomic mass is 10.00. The molecule has 5 heteroatoms. The first kappa shape index (κ1) is 16.6. The summed E-state index contributed by atoms with van der Waals surface area (Å²) in [7, 11) is 2.08. The molecule has 1 aromatic heterocycles. The average molecular weight is 324 g/mol. The maximum absolute atomic E-state index is 12.8. The second-order valence-corrected chi connectivity index (χ2v) is 6.44. The topological polar surface area (TPSA) is 49.3 Å². The smallest absolute Gasteiger partial charge is 0.229 e. The molecule has 0 spiro atoms. The van der Waals surface area contributed by atoms with Crippen LogP contribution in [0.25, 0.3) is 0 Å². The fourth-order valence-electron chi connectivity index (χ4n) is 3.22. The number of carbonyl (C=O) groups is 1. The van der Waals surface area contributed by atoms with Crippen LogP contribution in [0.5, 0.6) is 0 Å². The Morgan fingerprint density at radius 3 is 2.67 bits per heavy atom. The summed E-state index contributed by atoms with van der Waals surface area (Å²) in [5, 5.41) is 0. The molecule has 1 aromatic carbocycles. The van der Waals surface area contributed by atoms with Gasteiger partial charge < -0.3 is 4.90 Å². The zero-order chi connectivity index (χ0) is 16.9. The van der Waals surface area contributed by atoms with E-state index in [-0.39, 0.29) is 11.8 Å². The molecule has 0 N–H and O–H groups in total. The third-order valence-electron chi connectivity index (χ3n) is 4.78. The molecule has 0 saturated carbocycles. The first-order chi connectivity index (χ1) is 11.6. The van der Waals surface area contributed by atoms with Crippen LogP contribution in [0.3, 0.4) is 0 Å². The van der Waals surface area contributed by atoms with Gasteiger partial charge in [0.1, 0.15) is 5.82 Å². The first-order valence-electron chi connectivity index (χ1n) is 8.45. The van der Waals surface area contributed by atoms with Crippen molar-refractivity contribution in [2.45, 2.75) is 31.8 Å². The number of rotatable bonds is 5. The molecule has 1 amide bonds. The van der Waals surface area contributed by atoms with Gasteiger partial charge in [-0.3, -0.25) is 9.69 Å². The van der Waals surface area contributed by atoms with E-state index in [1.165, 1.54) is 0 Å². The zero-order valence-corrected chi connectivity index (χ0v) is 14.3. The molecule has 3 rings (SSSR count). The fourth-order valence-corrected chi connectivity index (χ4v) is 3.22. The minimum atomic E-state index is -0.0901. The van der Waals surface area contributed by atoms with E-state index in [2.05, 4.69) is 21.9 Å². The van der Waals surface area contributed by atoms with E-state index in [0.717, 1.165) is 30.9 Å². The molecule has 0 radical (unpaired) electrons. The predicted molar refractivity (Wildman–Crippen MR) is 93.3 cm³/mol. The lowest BCUT2D eigenvalue weighted by Gasteiger charge is -2.25. The van der Waals surface area contributed by atoms with Gasteiger partial charge in [0.25, 0.3) is 0 Å². The van der Waals surface area contributed by atoms with E-state index in [1.807, 2.05) is 48.2 Å². The minimum Gasteiger partial charge on any atom is -0.341 e. The Hall–Kier alpha value is -2.27. The lowest BCUT2D eigenvalue weighted by Crippen LogP contribution is -2.37. The quantitative estimate of drug-likeness (QED) is 0.847. The normalized spacial score (nSPS) is 18.8. The van der Waals surface area contributed by atoms with E-state index in [1.54, 1.807) is 12.4 Å². The van der Waals surface area contributed by atoms with Crippen molar-refractivity contribution in [3.05, 3.63) is 60.2 Å². The first-order valence-corrected chi connectivity index (χ1v) is 8.45. The molecule has 5 nitrogen and oxygen atoms in total. The summed E-state index contributed by atoms with van der Waals surface area (Å²) in [6, 6.07) is 12.2. The van der Waals surface area contributed by atoms with Crippen LogP contribution in [-0.4, -0.2) is 51.9 Å². The fraction of sp³-hybridized carbons (Fsp3) is 0.421. The Morgan fingerprint density at radius 1 is 1.25 bits per heavy atom. The number of hydrogen-bond acceptors (Lipinski definition) is 4. The molecule has 2 atom stereocenters. The SMILES string of the molecule is C[C@H](C(=O)N1CCC(N(C)Cc2ncccn2)C1)c1ccccc1. The van der Waals surface area contributed by atoms with Gasteiger partial charge in [0.15, 0.2) is 0 Å². The molecule has 2 heterocycles. The molecular weight excluding hydrogens is 300 g/mol. The van der Waals surface area contributed by atoms with Gasteiger partial charge in [0, 0.05) is 31.5 Å². The van der Waals surface area contributed by atoms with E-state index in [0.29, 0.717) is 12.6 Å². The number of hydrogen-bond donors (Lipinski definition) is 0. The lowest BCUT2D eigenvalue weighted by molar-refractivity contribution is -0.131. The van der Waals surface area contributed by atoms with Gasteiger partial charge in [-0.1, -0.05) is 30.3 Å². The summed E-state index contributed by atoms with van der Waals surface area (Å²) in [6.45, 7) is 4.30. The van der Waals surface area contributed by atoms with Gasteiger partial charge in [-0.05, 0) is 32.0 Å². The van der Waals surface area contributed by atoms with Crippen molar-refractivity contribution in [1.82, 2.24) is 19.8 Å². The predicted octanol–water partition coefficient (Wildman–Crippen LogP) is 2.31. The molecular formula is C19H24N4O. The van der Waals surface area contributed by atoms with Gasteiger partial charge in [-0.15, -0.1) is 0 Å². The summed E-state index contributed by atoms with van der Waals surface area (Å²) >= 11 is 0. The number of nitrogens with zero attached hydrogens (tertiary/aromatic N) is 4. The number of carbonyl (C=O) groups excluding carboxylic acids is 1. The second kappa shape index (κ2) is 7.53. The Bertz CT molecular complexity index is 662. The van der Waals surface area contributed by atoms with Crippen molar-refractivity contribution in [2.24, 2.45) is 0 Å². The van der Waals surface area contributed by atoms with Gasteiger partial charge in [-0.2, -0.15) is 0 Å². The third-order valence-corrected chi connectivity index (χ3v) is 4.78. The number of benzene rings is 1. The molecule has 24 heavy (non-hydrogen) atoms. The van der Waals surface area contributed by atoms with Crippen molar-refractivity contribution in [3.8, 4) is 0 Å². The standard InChI is InChI=1S/C19H24N4O/c1-15(16-7-4-3-5-8-16)19(24)23-12-9-17(13-23)22(2)14-18-20-10-6-11-21-18/h3-8,10-11,15,17H,9,12-14H2,1-2H3/t15-,17?/m0/s1. The monoisotopic (exact) mass is 324 g/mol. The highest BCUT2D eigenvalue weighted by molar-refractivity contribution is 5.83. The maximum Gasteiger partial charge on any atom is 0.229 e. The third kappa shape index (κ3) is 3.79. The summed E-state index contributed by atoms with van der Waals surface area (Å²) in [4.78, 5) is 25.5. The van der Waals surface area contributed by atoms with E-state index in [4.69, 9.17) is 0 Å². The molecule has 0 bridgehead atoms. The van der Waals surface area contributed by atoms with Crippen molar-refractivity contribution < 1.29 is 4.79 Å². The van der Waals surface area contributed by atoms with Crippen LogP contribution in [0.15, 0.2) is 48.8 Å². The second-order valence-electron chi connectivity index (χ2n) is 6.44. The highest BCUT2D eigenvalue weighted by atomic mass is 16.2. The molecule has 1 aliphatic rings. The summed E-state index contributed by atoms with van der Waals surface area (Å²) in [5.41, 5.74) is 1.08. The van der Waals surface area contributed by atoms with Gasteiger partial charge in [0.2, 0.25) is 5.91 Å². The molecule has 1 saturated heterocycles. The summed E-state index contributed by atoms with van der Waals surface area (Å²) in [5.74, 6) is 0.947. The number of likely N-dealkylation sites (N-methyl/N-ethyl adjacent to an activating group) is 1. The van der Waals surface area contributed by atoms with Crippen LogP contribution in [0.4, 0.5) is 0 Å².